The molecule has 1 fully saturated rings. The van der Waals surface area contributed by atoms with Crippen LogP contribution in [0.1, 0.15) is 50.8 Å². The Bertz CT molecular complexity index is 297. The second-order valence-corrected chi connectivity index (χ2v) is 4.75. The monoisotopic (exact) mass is 207 g/mol. The number of aromatic nitrogens is 1. The Balaban J connectivity index is 2.09. The van der Waals surface area contributed by atoms with Crippen molar-refractivity contribution in [3.8, 4) is 0 Å². The molecule has 0 aromatic carbocycles. The molecule has 1 heterocycles. The molecule has 1 aromatic heterocycles. The van der Waals surface area contributed by atoms with Gasteiger partial charge in [-0.05, 0) is 31.9 Å². The molecule has 0 radical (unpaired) electrons. The van der Waals surface area contributed by atoms with Gasteiger partial charge in [0.05, 0.1) is 6.10 Å². The van der Waals surface area contributed by atoms with Crippen LogP contribution in [0.15, 0.2) is 18.3 Å². The minimum absolute atomic E-state index is 0.234. The van der Waals surface area contributed by atoms with E-state index in [4.69, 9.17) is 0 Å². The molecule has 0 saturated heterocycles. The Kier molecular flexibility index (Phi) is 3.47. The SMILES string of the molecule is CC(O)Cc1cccn1C1CCCCC1. The summed E-state index contributed by atoms with van der Waals surface area (Å²) in [4.78, 5) is 0. The average Bonchev–Trinajstić information content (AvgIpc) is 2.66. The summed E-state index contributed by atoms with van der Waals surface area (Å²) in [5, 5.41) is 9.43. The summed E-state index contributed by atoms with van der Waals surface area (Å²) in [6.45, 7) is 1.86. The second-order valence-electron chi connectivity index (χ2n) is 4.75. The Hall–Kier alpha value is -0.760. The molecular weight excluding hydrogens is 186 g/mol. The van der Waals surface area contributed by atoms with Gasteiger partial charge >= 0.3 is 0 Å². The Morgan fingerprint density at radius 3 is 2.80 bits per heavy atom. The topological polar surface area (TPSA) is 25.2 Å². The van der Waals surface area contributed by atoms with Gasteiger partial charge in [-0.2, -0.15) is 0 Å². The van der Waals surface area contributed by atoms with Crippen LogP contribution in [0.5, 0.6) is 0 Å². The molecule has 2 nitrogen and oxygen atoms in total. The van der Waals surface area contributed by atoms with Crippen LogP contribution in [0.2, 0.25) is 0 Å². The molecule has 1 unspecified atom stereocenters. The largest absolute Gasteiger partial charge is 0.393 e. The van der Waals surface area contributed by atoms with Crippen molar-refractivity contribution < 1.29 is 5.11 Å². The first-order valence-electron chi connectivity index (χ1n) is 6.11. The number of hydrogen-bond donors (Lipinski definition) is 1. The molecule has 1 atom stereocenters. The highest BCUT2D eigenvalue weighted by Crippen LogP contribution is 2.29. The fourth-order valence-corrected chi connectivity index (χ4v) is 2.62. The fraction of sp³-hybridized carbons (Fsp3) is 0.692. The van der Waals surface area contributed by atoms with Crippen molar-refractivity contribution in [2.24, 2.45) is 0 Å². The lowest BCUT2D eigenvalue weighted by Crippen LogP contribution is -2.16. The molecule has 0 spiro atoms. The molecule has 0 aliphatic heterocycles. The molecule has 1 aliphatic carbocycles. The molecule has 1 aromatic rings. The number of nitrogens with zero attached hydrogens (tertiary/aromatic N) is 1. The van der Waals surface area contributed by atoms with Gasteiger partial charge < -0.3 is 9.67 Å². The maximum atomic E-state index is 9.43. The number of aliphatic hydroxyl groups is 1. The third-order valence-corrected chi connectivity index (χ3v) is 3.34. The highest BCUT2D eigenvalue weighted by Gasteiger charge is 2.17. The minimum Gasteiger partial charge on any atom is -0.393 e. The van der Waals surface area contributed by atoms with Gasteiger partial charge in [-0.25, -0.2) is 0 Å². The van der Waals surface area contributed by atoms with Crippen LogP contribution in [-0.2, 0) is 6.42 Å². The molecule has 84 valence electrons. The van der Waals surface area contributed by atoms with Crippen LogP contribution in [0.3, 0.4) is 0 Å². The van der Waals surface area contributed by atoms with E-state index in [0.717, 1.165) is 6.42 Å². The lowest BCUT2D eigenvalue weighted by atomic mass is 9.95. The third kappa shape index (κ3) is 2.63. The van der Waals surface area contributed by atoms with E-state index in [2.05, 4.69) is 22.9 Å². The molecule has 15 heavy (non-hydrogen) atoms. The normalized spacial score (nSPS) is 20.4. The van der Waals surface area contributed by atoms with E-state index in [0.29, 0.717) is 6.04 Å². The van der Waals surface area contributed by atoms with Crippen molar-refractivity contribution in [3.05, 3.63) is 24.0 Å². The van der Waals surface area contributed by atoms with Gasteiger partial charge in [-0.1, -0.05) is 19.3 Å². The van der Waals surface area contributed by atoms with E-state index in [9.17, 15) is 5.11 Å². The van der Waals surface area contributed by atoms with Crippen LogP contribution >= 0.6 is 0 Å². The van der Waals surface area contributed by atoms with Gasteiger partial charge in [-0.15, -0.1) is 0 Å². The highest BCUT2D eigenvalue weighted by molar-refractivity contribution is 5.10. The molecule has 0 amide bonds. The van der Waals surface area contributed by atoms with Crippen LogP contribution < -0.4 is 0 Å². The summed E-state index contributed by atoms with van der Waals surface area (Å²) in [5.41, 5.74) is 1.29. The van der Waals surface area contributed by atoms with E-state index < -0.39 is 0 Å². The van der Waals surface area contributed by atoms with Crippen molar-refractivity contribution in [2.75, 3.05) is 0 Å². The first-order valence-corrected chi connectivity index (χ1v) is 6.11. The number of rotatable bonds is 3. The van der Waals surface area contributed by atoms with Gasteiger partial charge in [-0.3, -0.25) is 0 Å². The molecule has 0 bridgehead atoms. The summed E-state index contributed by atoms with van der Waals surface area (Å²) in [6.07, 6.45) is 9.44. The summed E-state index contributed by atoms with van der Waals surface area (Å²) >= 11 is 0. The van der Waals surface area contributed by atoms with Crippen molar-refractivity contribution in [3.63, 3.8) is 0 Å². The predicted molar refractivity (Wildman–Crippen MR) is 61.9 cm³/mol. The number of hydrogen-bond acceptors (Lipinski definition) is 1. The summed E-state index contributed by atoms with van der Waals surface area (Å²) in [7, 11) is 0. The van der Waals surface area contributed by atoms with Crippen LogP contribution in [-0.4, -0.2) is 15.8 Å². The van der Waals surface area contributed by atoms with E-state index in [1.165, 1.54) is 37.8 Å². The summed E-state index contributed by atoms with van der Waals surface area (Å²) < 4.78 is 2.38. The molecule has 1 saturated carbocycles. The maximum Gasteiger partial charge on any atom is 0.0566 e. The van der Waals surface area contributed by atoms with E-state index >= 15 is 0 Å². The van der Waals surface area contributed by atoms with E-state index in [1.807, 2.05) is 6.92 Å². The van der Waals surface area contributed by atoms with Crippen molar-refractivity contribution in [1.82, 2.24) is 4.57 Å². The summed E-state index contributed by atoms with van der Waals surface area (Å²) in [5.74, 6) is 0. The molecule has 2 rings (SSSR count). The van der Waals surface area contributed by atoms with Gasteiger partial charge in [0.25, 0.3) is 0 Å². The standard InChI is InChI=1S/C13H21NO/c1-11(15)10-13-8-5-9-14(13)12-6-3-2-4-7-12/h5,8-9,11-12,15H,2-4,6-7,10H2,1H3. The van der Waals surface area contributed by atoms with Crippen LogP contribution in [0.25, 0.3) is 0 Å². The average molecular weight is 207 g/mol. The zero-order chi connectivity index (χ0) is 10.7. The Morgan fingerprint density at radius 2 is 2.13 bits per heavy atom. The zero-order valence-corrected chi connectivity index (χ0v) is 9.52. The lowest BCUT2D eigenvalue weighted by molar-refractivity contribution is 0.191. The molecule has 1 N–H and O–H groups in total. The minimum atomic E-state index is -0.234. The molecular formula is C13H21NO. The van der Waals surface area contributed by atoms with Gasteiger partial charge in [0, 0.05) is 24.4 Å². The Morgan fingerprint density at radius 1 is 1.40 bits per heavy atom. The molecule has 1 aliphatic rings. The Labute approximate surface area is 91.9 Å². The first-order chi connectivity index (χ1) is 7.27. The number of aliphatic hydroxyl groups excluding tert-OH is 1. The quantitative estimate of drug-likeness (QED) is 0.810. The first kappa shape index (κ1) is 10.7. The van der Waals surface area contributed by atoms with E-state index in [1.54, 1.807) is 0 Å². The van der Waals surface area contributed by atoms with Gasteiger partial charge in [0.2, 0.25) is 0 Å². The second kappa shape index (κ2) is 4.84. The van der Waals surface area contributed by atoms with Crippen molar-refractivity contribution >= 4 is 0 Å². The highest BCUT2D eigenvalue weighted by atomic mass is 16.3. The summed E-state index contributed by atoms with van der Waals surface area (Å²) in [6, 6.07) is 4.93. The third-order valence-electron chi connectivity index (χ3n) is 3.34. The fourth-order valence-electron chi connectivity index (χ4n) is 2.62. The van der Waals surface area contributed by atoms with Gasteiger partial charge in [0.1, 0.15) is 0 Å². The van der Waals surface area contributed by atoms with Crippen LogP contribution in [0, 0.1) is 0 Å². The van der Waals surface area contributed by atoms with Crippen LogP contribution in [0.4, 0.5) is 0 Å². The van der Waals surface area contributed by atoms with Crippen molar-refractivity contribution in [2.45, 2.75) is 57.6 Å². The van der Waals surface area contributed by atoms with Crippen molar-refractivity contribution in [1.29, 1.82) is 0 Å². The smallest absolute Gasteiger partial charge is 0.0566 e. The van der Waals surface area contributed by atoms with E-state index in [-0.39, 0.29) is 6.10 Å². The maximum absolute atomic E-state index is 9.43. The lowest BCUT2D eigenvalue weighted by Gasteiger charge is -2.25. The zero-order valence-electron chi connectivity index (χ0n) is 9.52. The predicted octanol–water partition coefficient (Wildman–Crippen LogP) is 2.92. The molecule has 2 heteroatoms. The van der Waals surface area contributed by atoms with Gasteiger partial charge in [0.15, 0.2) is 0 Å².